The molecule has 0 saturated carbocycles. The van der Waals surface area contributed by atoms with E-state index < -0.39 is 0 Å². The van der Waals surface area contributed by atoms with Gasteiger partial charge in [-0.05, 0) is 56.0 Å². The Morgan fingerprint density at radius 1 is 1.03 bits per heavy atom. The molecule has 0 bridgehead atoms. The molecule has 5 nitrogen and oxygen atoms in total. The van der Waals surface area contributed by atoms with E-state index in [-0.39, 0.29) is 18.0 Å². The van der Waals surface area contributed by atoms with Crippen LogP contribution < -0.4 is 15.5 Å². The Morgan fingerprint density at radius 2 is 1.79 bits per heavy atom. The van der Waals surface area contributed by atoms with Crippen molar-refractivity contribution in [3.8, 4) is 0 Å². The summed E-state index contributed by atoms with van der Waals surface area (Å²) in [6.45, 7) is 4.57. The second-order valence-electron chi connectivity index (χ2n) is 8.46. The molecule has 1 aliphatic heterocycles. The molecule has 1 aliphatic rings. The van der Waals surface area contributed by atoms with Gasteiger partial charge in [0.05, 0.1) is 18.0 Å². The standard InChI is InChI=1S/C27H29N3O2S/c1-19-8-11-22(12-9-19)17-30-24-16-23(14-15-25(24)33-18-26(30)31)29-27(32)28-20(2)10-13-21-6-4-3-5-7-21/h3-9,11-12,14-16,20H,10,13,17-18H2,1-2H3,(H2,28,29,32)/t20-/m0/s1. The number of carbonyl (C=O) groups is 2. The van der Waals surface area contributed by atoms with E-state index in [4.69, 9.17) is 0 Å². The summed E-state index contributed by atoms with van der Waals surface area (Å²) in [6.07, 6.45) is 1.77. The van der Waals surface area contributed by atoms with Gasteiger partial charge in [-0.25, -0.2) is 4.79 Å². The van der Waals surface area contributed by atoms with Crippen LogP contribution in [0.25, 0.3) is 0 Å². The Bertz CT molecular complexity index is 1120. The van der Waals surface area contributed by atoms with E-state index in [1.807, 2.05) is 55.1 Å². The van der Waals surface area contributed by atoms with Crippen molar-refractivity contribution in [2.75, 3.05) is 16.0 Å². The van der Waals surface area contributed by atoms with Crippen molar-refractivity contribution in [2.45, 2.75) is 44.2 Å². The fraction of sp³-hybridized carbons (Fsp3) is 0.259. The minimum atomic E-state index is -0.240. The molecule has 0 radical (unpaired) electrons. The summed E-state index contributed by atoms with van der Waals surface area (Å²) in [5.74, 6) is 0.495. The minimum Gasteiger partial charge on any atom is -0.335 e. The van der Waals surface area contributed by atoms with E-state index in [0.29, 0.717) is 18.0 Å². The van der Waals surface area contributed by atoms with Crippen LogP contribution in [0.15, 0.2) is 77.7 Å². The first-order chi connectivity index (χ1) is 16.0. The molecule has 0 aromatic heterocycles. The van der Waals surface area contributed by atoms with E-state index in [2.05, 4.69) is 47.0 Å². The van der Waals surface area contributed by atoms with E-state index >= 15 is 0 Å². The first-order valence-corrected chi connectivity index (χ1v) is 12.2. The average Bonchev–Trinajstić information content (AvgIpc) is 2.81. The second kappa shape index (κ2) is 10.6. The summed E-state index contributed by atoms with van der Waals surface area (Å²) >= 11 is 1.54. The lowest BCUT2D eigenvalue weighted by Crippen LogP contribution is -2.37. The zero-order chi connectivity index (χ0) is 23.2. The fourth-order valence-electron chi connectivity index (χ4n) is 3.82. The van der Waals surface area contributed by atoms with Crippen molar-refractivity contribution in [2.24, 2.45) is 0 Å². The summed E-state index contributed by atoms with van der Waals surface area (Å²) < 4.78 is 0. The van der Waals surface area contributed by atoms with Crippen LogP contribution in [0, 0.1) is 6.92 Å². The number of nitrogens with one attached hydrogen (secondary N) is 2. The molecule has 2 N–H and O–H groups in total. The van der Waals surface area contributed by atoms with Crippen molar-refractivity contribution >= 4 is 35.1 Å². The van der Waals surface area contributed by atoms with Crippen molar-refractivity contribution in [1.29, 1.82) is 0 Å². The molecule has 0 saturated heterocycles. The Labute approximate surface area is 199 Å². The maximum Gasteiger partial charge on any atom is 0.319 e. The highest BCUT2D eigenvalue weighted by atomic mass is 32.2. The molecular weight excluding hydrogens is 430 g/mol. The summed E-state index contributed by atoms with van der Waals surface area (Å²) in [7, 11) is 0. The van der Waals surface area contributed by atoms with Gasteiger partial charge in [0.25, 0.3) is 0 Å². The molecule has 0 unspecified atom stereocenters. The molecule has 0 aliphatic carbocycles. The van der Waals surface area contributed by atoms with Gasteiger partial charge >= 0.3 is 6.03 Å². The van der Waals surface area contributed by atoms with Crippen LogP contribution in [0.4, 0.5) is 16.2 Å². The zero-order valence-corrected chi connectivity index (χ0v) is 19.8. The van der Waals surface area contributed by atoms with Crippen LogP contribution in [0.5, 0.6) is 0 Å². The first kappa shape index (κ1) is 22.9. The number of carbonyl (C=O) groups excluding carboxylic acids is 2. The number of amides is 3. The van der Waals surface area contributed by atoms with Gasteiger partial charge in [0.1, 0.15) is 0 Å². The normalized spacial score (nSPS) is 13.9. The van der Waals surface area contributed by atoms with Crippen molar-refractivity contribution in [3.63, 3.8) is 0 Å². The first-order valence-electron chi connectivity index (χ1n) is 11.2. The lowest BCUT2D eigenvalue weighted by atomic mass is 10.1. The zero-order valence-electron chi connectivity index (χ0n) is 19.0. The van der Waals surface area contributed by atoms with E-state index in [0.717, 1.165) is 29.0 Å². The van der Waals surface area contributed by atoms with Gasteiger partial charge in [-0.2, -0.15) is 0 Å². The van der Waals surface area contributed by atoms with Crippen molar-refractivity contribution in [1.82, 2.24) is 5.32 Å². The van der Waals surface area contributed by atoms with E-state index in [9.17, 15) is 9.59 Å². The molecule has 170 valence electrons. The van der Waals surface area contributed by atoms with Crippen LogP contribution in [-0.2, 0) is 17.8 Å². The maximum absolute atomic E-state index is 12.7. The topological polar surface area (TPSA) is 61.4 Å². The molecule has 6 heteroatoms. The highest BCUT2D eigenvalue weighted by Crippen LogP contribution is 2.38. The summed E-state index contributed by atoms with van der Waals surface area (Å²) in [5.41, 5.74) is 5.04. The van der Waals surface area contributed by atoms with E-state index in [1.54, 1.807) is 0 Å². The molecule has 3 aromatic rings. The van der Waals surface area contributed by atoms with Gasteiger partial charge in [-0.1, -0.05) is 60.2 Å². The number of thioether (sulfide) groups is 1. The number of aryl methyl sites for hydroxylation is 2. The minimum absolute atomic E-state index is 0.0398. The molecule has 0 spiro atoms. The van der Waals surface area contributed by atoms with Crippen molar-refractivity contribution < 1.29 is 9.59 Å². The molecule has 1 heterocycles. The average molecular weight is 460 g/mol. The highest BCUT2D eigenvalue weighted by molar-refractivity contribution is 8.00. The summed E-state index contributed by atoms with van der Waals surface area (Å²) in [6, 6.07) is 24.0. The molecule has 3 amide bonds. The predicted molar refractivity (Wildman–Crippen MR) is 136 cm³/mol. The lowest BCUT2D eigenvalue weighted by Gasteiger charge is -2.29. The maximum atomic E-state index is 12.7. The van der Waals surface area contributed by atoms with Crippen LogP contribution in [0.1, 0.15) is 30.0 Å². The number of benzene rings is 3. The number of anilines is 2. The Balaban J connectivity index is 1.39. The highest BCUT2D eigenvalue weighted by Gasteiger charge is 2.25. The Kier molecular flexibility index (Phi) is 7.35. The van der Waals surface area contributed by atoms with Gasteiger partial charge < -0.3 is 15.5 Å². The molecule has 4 rings (SSSR count). The Morgan fingerprint density at radius 3 is 2.55 bits per heavy atom. The van der Waals surface area contributed by atoms with Crippen LogP contribution in [0.3, 0.4) is 0 Å². The molecule has 3 aromatic carbocycles. The third kappa shape index (κ3) is 6.17. The number of rotatable bonds is 7. The molecule has 1 atom stereocenters. The van der Waals surface area contributed by atoms with Crippen LogP contribution >= 0.6 is 11.8 Å². The number of fused-ring (bicyclic) bond motifs is 1. The number of nitrogens with zero attached hydrogens (tertiary/aromatic N) is 1. The molecular formula is C27H29N3O2S. The predicted octanol–water partition coefficient (Wildman–Crippen LogP) is 5.78. The molecule has 33 heavy (non-hydrogen) atoms. The fourth-order valence-corrected chi connectivity index (χ4v) is 4.74. The van der Waals surface area contributed by atoms with Crippen LogP contribution in [0.2, 0.25) is 0 Å². The van der Waals surface area contributed by atoms with Crippen LogP contribution in [-0.4, -0.2) is 23.7 Å². The van der Waals surface area contributed by atoms with Gasteiger partial charge in [0.2, 0.25) is 5.91 Å². The SMILES string of the molecule is Cc1ccc(CN2C(=O)CSc3ccc(NC(=O)N[C@@H](C)CCc4ccccc4)cc32)cc1. The van der Waals surface area contributed by atoms with Crippen molar-refractivity contribution in [3.05, 3.63) is 89.5 Å². The van der Waals surface area contributed by atoms with Gasteiger partial charge in [-0.3, -0.25) is 4.79 Å². The van der Waals surface area contributed by atoms with E-state index in [1.165, 1.54) is 22.9 Å². The summed E-state index contributed by atoms with van der Waals surface area (Å²) in [4.78, 5) is 28.1. The number of hydrogen-bond acceptors (Lipinski definition) is 3. The smallest absolute Gasteiger partial charge is 0.319 e. The Hall–Kier alpha value is -3.25. The third-order valence-corrected chi connectivity index (χ3v) is 6.75. The van der Waals surface area contributed by atoms with Gasteiger partial charge in [-0.15, -0.1) is 11.8 Å². The number of urea groups is 1. The lowest BCUT2D eigenvalue weighted by molar-refractivity contribution is -0.116. The number of hydrogen-bond donors (Lipinski definition) is 2. The van der Waals surface area contributed by atoms with Gasteiger partial charge in [0, 0.05) is 16.6 Å². The summed E-state index contributed by atoms with van der Waals surface area (Å²) in [5, 5.41) is 5.94. The van der Waals surface area contributed by atoms with Gasteiger partial charge in [0.15, 0.2) is 0 Å². The monoisotopic (exact) mass is 459 g/mol. The molecule has 0 fully saturated rings. The third-order valence-electron chi connectivity index (χ3n) is 5.71. The second-order valence-corrected chi connectivity index (χ2v) is 9.48. The quantitative estimate of drug-likeness (QED) is 0.471. The largest absolute Gasteiger partial charge is 0.335 e.